The third-order valence-corrected chi connectivity index (χ3v) is 6.51. The molecule has 1 N–H and O–H groups in total. The van der Waals surface area contributed by atoms with E-state index in [0.29, 0.717) is 0 Å². The molecule has 2 aliphatic heterocycles. The van der Waals surface area contributed by atoms with Crippen molar-refractivity contribution in [2.24, 2.45) is 11.0 Å². The van der Waals surface area contributed by atoms with Gasteiger partial charge in [-0.15, -0.1) is 0 Å². The Kier molecular flexibility index (Phi) is 3.72. The van der Waals surface area contributed by atoms with E-state index >= 15 is 0 Å². The lowest BCUT2D eigenvalue weighted by atomic mass is 9.92. The first-order chi connectivity index (χ1) is 14.8. The smallest absolute Gasteiger partial charge is 0.231 e. The molecule has 1 spiro atoms. The van der Waals surface area contributed by atoms with Crippen LogP contribution in [0.4, 0.5) is 17.1 Å². The molecule has 148 valence electrons. The van der Waals surface area contributed by atoms with Gasteiger partial charge in [0.05, 0.1) is 23.0 Å². The average Bonchev–Trinajstić information content (AvgIpc) is 3.36. The Morgan fingerprint density at radius 3 is 2.40 bits per heavy atom. The van der Waals surface area contributed by atoms with Gasteiger partial charge in [-0.2, -0.15) is 5.10 Å². The number of fused-ring (bicyclic) bond motifs is 2. The van der Waals surface area contributed by atoms with Gasteiger partial charge in [-0.05, 0) is 43.5 Å². The maximum absolute atomic E-state index is 13.4. The van der Waals surface area contributed by atoms with Crippen LogP contribution in [0.2, 0.25) is 0 Å². The van der Waals surface area contributed by atoms with Gasteiger partial charge in [-0.3, -0.25) is 9.69 Å². The number of carbonyl (C=O) groups excluding carboxylic acids is 1. The molecule has 2 unspecified atom stereocenters. The van der Waals surface area contributed by atoms with Crippen molar-refractivity contribution in [2.75, 3.05) is 15.2 Å². The molecule has 3 aromatic rings. The van der Waals surface area contributed by atoms with Crippen molar-refractivity contribution in [3.8, 4) is 0 Å². The Labute approximate surface area is 175 Å². The van der Waals surface area contributed by atoms with E-state index < -0.39 is 5.66 Å². The van der Waals surface area contributed by atoms with Gasteiger partial charge >= 0.3 is 0 Å². The molecule has 30 heavy (non-hydrogen) atoms. The zero-order valence-electron chi connectivity index (χ0n) is 16.5. The van der Waals surface area contributed by atoms with E-state index in [0.717, 1.165) is 47.7 Å². The number of rotatable bonds is 2. The molecule has 0 bridgehead atoms. The number of hydrogen-bond acceptors (Lipinski definition) is 4. The summed E-state index contributed by atoms with van der Waals surface area (Å²) in [5.41, 5.74) is 3.34. The molecule has 6 rings (SSSR count). The fraction of sp³-hybridized carbons (Fsp3) is 0.200. The highest BCUT2D eigenvalue weighted by molar-refractivity contribution is 6.17. The number of hydrazone groups is 1. The van der Waals surface area contributed by atoms with Crippen LogP contribution in [0, 0.1) is 5.92 Å². The first-order valence-corrected chi connectivity index (χ1v) is 10.5. The molecule has 3 aliphatic rings. The first kappa shape index (κ1) is 17.3. The van der Waals surface area contributed by atoms with Crippen molar-refractivity contribution in [3.05, 3.63) is 90.5 Å². The topological polar surface area (TPSA) is 47.9 Å². The highest BCUT2D eigenvalue weighted by Gasteiger charge is 2.61. The van der Waals surface area contributed by atoms with Crippen LogP contribution in [0.25, 0.3) is 0 Å². The van der Waals surface area contributed by atoms with Crippen molar-refractivity contribution in [3.63, 3.8) is 0 Å². The van der Waals surface area contributed by atoms with Crippen LogP contribution in [0.15, 0.2) is 90.0 Å². The Balaban J connectivity index is 1.65. The van der Waals surface area contributed by atoms with Crippen LogP contribution in [0.3, 0.4) is 0 Å². The van der Waals surface area contributed by atoms with E-state index in [1.54, 1.807) is 0 Å². The second-order valence-corrected chi connectivity index (χ2v) is 8.10. The zero-order valence-corrected chi connectivity index (χ0v) is 16.5. The van der Waals surface area contributed by atoms with Crippen molar-refractivity contribution >= 4 is 28.8 Å². The molecule has 1 saturated carbocycles. The van der Waals surface area contributed by atoms with Crippen LogP contribution in [-0.2, 0) is 4.79 Å². The molecule has 1 amide bonds. The number of amidine groups is 1. The normalized spacial score (nSPS) is 24.5. The standard InChI is InChI=1S/C25H22N4O/c30-24-20-14-9-17-25(20)28(22-16-8-7-15-21(22)26-24)23(18-10-3-1-4-11-18)27-29(25)19-12-5-2-6-13-19/h1-8,10-13,15-16,20H,9,14,17H2,(H,26,30). The second kappa shape index (κ2) is 6.46. The lowest BCUT2D eigenvalue weighted by Crippen LogP contribution is -2.60. The molecular formula is C25H22N4O. The van der Waals surface area contributed by atoms with Gasteiger partial charge < -0.3 is 5.32 Å². The summed E-state index contributed by atoms with van der Waals surface area (Å²) in [5.74, 6) is 0.776. The predicted octanol–water partition coefficient (Wildman–Crippen LogP) is 4.82. The lowest BCUT2D eigenvalue weighted by Gasteiger charge is -2.44. The molecule has 5 nitrogen and oxygen atoms in total. The van der Waals surface area contributed by atoms with E-state index in [4.69, 9.17) is 5.10 Å². The predicted molar refractivity (Wildman–Crippen MR) is 120 cm³/mol. The fourth-order valence-electron chi connectivity index (χ4n) is 5.28. The molecule has 0 saturated heterocycles. The molecular weight excluding hydrogens is 372 g/mol. The summed E-state index contributed by atoms with van der Waals surface area (Å²) in [6.45, 7) is 0. The van der Waals surface area contributed by atoms with Gasteiger partial charge in [-0.25, -0.2) is 5.01 Å². The van der Waals surface area contributed by atoms with Crippen molar-refractivity contribution < 1.29 is 4.79 Å². The molecule has 0 radical (unpaired) electrons. The molecule has 1 aliphatic carbocycles. The number of anilines is 3. The summed E-state index contributed by atoms with van der Waals surface area (Å²) in [7, 11) is 0. The highest BCUT2D eigenvalue weighted by atomic mass is 16.2. The van der Waals surface area contributed by atoms with Gasteiger partial charge in [0, 0.05) is 5.56 Å². The minimum absolute atomic E-state index is 0.0768. The van der Waals surface area contributed by atoms with E-state index in [1.165, 1.54) is 0 Å². The van der Waals surface area contributed by atoms with Crippen molar-refractivity contribution in [1.82, 2.24) is 0 Å². The highest BCUT2D eigenvalue weighted by Crippen LogP contribution is 2.53. The summed E-state index contributed by atoms with van der Waals surface area (Å²) < 4.78 is 0. The van der Waals surface area contributed by atoms with Crippen LogP contribution >= 0.6 is 0 Å². The second-order valence-electron chi connectivity index (χ2n) is 8.10. The Hall–Kier alpha value is -3.60. The number of amides is 1. The lowest BCUT2D eigenvalue weighted by molar-refractivity contribution is -0.121. The molecule has 3 aromatic carbocycles. The number of carbonyl (C=O) groups is 1. The van der Waals surface area contributed by atoms with Gasteiger partial charge in [-0.1, -0.05) is 60.7 Å². The quantitative estimate of drug-likeness (QED) is 0.678. The molecule has 2 heterocycles. The minimum Gasteiger partial charge on any atom is -0.324 e. The maximum atomic E-state index is 13.4. The minimum atomic E-state index is -0.552. The number of nitrogens with zero attached hydrogens (tertiary/aromatic N) is 3. The molecule has 2 atom stereocenters. The third-order valence-electron chi connectivity index (χ3n) is 6.51. The maximum Gasteiger partial charge on any atom is 0.231 e. The number of para-hydroxylation sites is 3. The van der Waals surface area contributed by atoms with Crippen LogP contribution in [-0.4, -0.2) is 17.4 Å². The van der Waals surface area contributed by atoms with Gasteiger partial charge in [0.2, 0.25) is 5.91 Å². The van der Waals surface area contributed by atoms with Crippen molar-refractivity contribution in [1.29, 1.82) is 0 Å². The summed E-state index contributed by atoms with van der Waals surface area (Å²) in [5, 5.41) is 10.5. The Morgan fingerprint density at radius 1 is 0.900 bits per heavy atom. The van der Waals surface area contributed by atoms with Crippen molar-refractivity contribution in [2.45, 2.75) is 24.9 Å². The van der Waals surface area contributed by atoms with E-state index in [2.05, 4.69) is 45.6 Å². The number of benzene rings is 3. The number of hydrogen-bond donors (Lipinski definition) is 1. The van der Waals surface area contributed by atoms with E-state index in [-0.39, 0.29) is 11.8 Å². The molecule has 0 aromatic heterocycles. The average molecular weight is 394 g/mol. The summed E-state index contributed by atoms with van der Waals surface area (Å²) in [6.07, 6.45) is 2.70. The van der Waals surface area contributed by atoms with Gasteiger partial charge in [0.25, 0.3) is 0 Å². The first-order valence-electron chi connectivity index (χ1n) is 10.5. The number of nitrogens with one attached hydrogen (secondary N) is 1. The molecule has 5 heteroatoms. The van der Waals surface area contributed by atoms with Crippen LogP contribution in [0.1, 0.15) is 24.8 Å². The van der Waals surface area contributed by atoms with E-state index in [9.17, 15) is 4.79 Å². The Bertz CT molecular complexity index is 1140. The SMILES string of the molecule is O=C1Nc2ccccc2N2C(c3ccccc3)=NN(c3ccccc3)C23CCCC13. The van der Waals surface area contributed by atoms with E-state index in [1.807, 2.05) is 54.6 Å². The van der Waals surface area contributed by atoms with Crippen LogP contribution < -0.4 is 15.2 Å². The largest absolute Gasteiger partial charge is 0.324 e. The summed E-state index contributed by atoms with van der Waals surface area (Å²) in [4.78, 5) is 15.7. The monoisotopic (exact) mass is 394 g/mol. The zero-order chi connectivity index (χ0) is 20.1. The summed E-state index contributed by atoms with van der Waals surface area (Å²) in [6, 6.07) is 28.6. The van der Waals surface area contributed by atoms with Gasteiger partial charge in [0.15, 0.2) is 11.5 Å². The molecule has 1 fully saturated rings. The summed E-state index contributed by atoms with van der Waals surface area (Å²) >= 11 is 0. The third kappa shape index (κ3) is 2.29. The Morgan fingerprint density at radius 2 is 1.60 bits per heavy atom. The van der Waals surface area contributed by atoms with Gasteiger partial charge in [0.1, 0.15) is 0 Å². The fourth-order valence-corrected chi connectivity index (χ4v) is 5.28. The van der Waals surface area contributed by atoms with Crippen LogP contribution in [0.5, 0.6) is 0 Å².